The van der Waals surface area contributed by atoms with Gasteiger partial charge in [0.25, 0.3) is 0 Å². The normalized spacial score (nSPS) is 23.5. The molecule has 670 valence electrons. The molecule has 0 aliphatic heterocycles. The maximum atomic E-state index is 2.79. The average Bonchev–Trinajstić information content (AvgIpc) is 1.37. The molecule has 19 aliphatic carbocycles. The molecule has 46 rings (SSSR count). The molecule has 0 fully saturated rings. The van der Waals surface area contributed by atoms with E-state index < -0.39 is 37.9 Å². The number of hydrogen-bond acceptors (Lipinski definition) is 0. The van der Waals surface area contributed by atoms with E-state index in [1.165, 1.54) is 134 Å². The van der Waals surface area contributed by atoms with Crippen LogP contribution in [-0.2, 0) is 82.3 Å². The van der Waals surface area contributed by atoms with Gasteiger partial charge in [-0.3, -0.25) is 0 Å². The van der Waals surface area contributed by atoms with E-state index in [4.69, 9.17) is 0 Å². The van der Waals surface area contributed by atoms with Crippen molar-refractivity contribution >= 4 is 194 Å². The smallest absolute Gasteiger partial charge is 0.196 e. The molecule has 0 spiro atoms. The van der Waals surface area contributed by atoms with Gasteiger partial charge in [0.1, 0.15) is 0 Å². The Morgan fingerprint density at radius 2 is 0.458 bits per heavy atom. The van der Waals surface area contributed by atoms with Crippen molar-refractivity contribution in [3.8, 4) is 11.1 Å². The van der Waals surface area contributed by atoms with Crippen LogP contribution in [0.2, 0.25) is 0 Å². The molecular formula is C142H86Ru2. The molecule has 0 bridgehead atoms. The minimum atomic E-state index is -0.774. The van der Waals surface area contributed by atoms with E-state index >= 15 is 0 Å². The SMILES string of the molecule is Cc1c(C)c(C)[c-](C)c1C.Cc1c(C)c(C)[c-](C)c1C.Cc1ccc(C23C4=C5C6=c7c4c4c8c9c7=c7c%10c%11c%12c(c%13c%14c%15c(c2c2c%16c3c4c3c4c%16c%16c%17c%18c%19c%20c%21c%22c%23c%19c%19c%24c(c%11c%11c(c%25c(c7%11)[C@]9(c7ccc(C)cc7)c7c(c-%21c(c3c78)C4(c3ccc(C(C)(C)C)cc3)[C@@H]%20%17)[C@@]%22%25c3ccc(C)cc3)C%23%24c3ccc(C)cc3)c3c%12c%14c4c3c%19c%18c3c%16c2c%15c34)[C@@]5%13c2ccc(C)cc2)[C@@]6%10c2ccc(C)cc2)cc1.[Ru+].[Ru+]. The van der Waals surface area contributed by atoms with Crippen LogP contribution < -0.4 is 5.22 Å². The Morgan fingerprint density at radius 3 is 0.903 bits per heavy atom. The molecule has 0 heterocycles. The summed E-state index contributed by atoms with van der Waals surface area (Å²) < 4.78 is 0. The summed E-state index contributed by atoms with van der Waals surface area (Å²) >= 11 is 0. The molecule has 19 aliphatic rings. The number of hydrogen-bond donors (Lipinski definition) is 0. The fraction of sp³-hybridized carbons (Fsp3) is 0.197. The molecule has 0 amide bonds. The van der Waals surface area contributed by atoms with Gasteiger partial charge in [-0.1, -0.05) is 293 Å². The summed E-state index contributed by atoms with van der Waals surface area (Å²) in [6.07, 6.45) is 0. The van der Waals surface area contributed by atoms with Crippen LogP contribution in [-0.4, -0.2) is 0 Å². The predicted octanol–water partition coefficient (Wildman–Crippen LogP) is 32.7. The van der Waals surface area contributed by atoms with Crippen molar-refractivity contribution in [2.45, 2.75) is 181 Å². The zero-order valence-corrected chi connectivity index (χ0v) is 86.9. The van der Waals surface area contributed by atoms with Crippen molar-refractivity contribution in [3.05, 3.63) is 436 Å². The molecule has 0 saturated heterocycles. The Morgan fingerprint density at radius 1 is 0.194 bits per heavy atom. The molecule has 3 unspecified atom stereocenters. The zero-order valence-electron chi connectivity index (χ0n) is 83.5. The standard InChI is InChI=1S/C122H56.2C10H15.2Ru/c1-38-10-22-45(23-11-38)117-95-70-59-56-54-53-52-55-58(56)71(95)81-66-63(55)69-65-57(52)62-60(53)78-79-61(54)64(59)77-74-67(70)82-90-86-87-91-83-68-75-85-88-89-76(68)99(87)120(48-28-16-41(4)17-29-48)106(89)112-93-92(107(103(81)117)122(112,114(108(82)117)111(90)120)50-32-20-43(6)21-33-50)73(66)94(69)116(100(88)93,51-36-34-44(35-37-51)115(7,8)9)96(85)72(65)84-80(62)102-105(78)121(49-30-18-42(5)19-31-49)104(79)101(77)119(97(74)86,47-26-14-40(3)15-27-47)110(91)113(121)109(83)118(102,98(75)84)46-24-12-39(2)13-25-46;2*1-6-7(2)9(4)10(5)8(6)3;;/h10-37,94H,1-9H3;2*1-5H3;;/q;2*-1;2*+1/t94-,116?,117?,118?,119+,120+,121+,122-;;;;/m1..../s1. The molecular weight excluding hydrogens is 1910 g/mol. The molecule has 8 atom stereocenters. The van der Waals surface area contributed by atoms with E-state index in [0.717, 1.165) is 0 Å². The summed E-state index contributed by atoms with van der Waals surface area (Å²) in [6, 6.07) is 74.5. The van der Waals surface area contributed by atoms with E-state index in [9.17, 15) is 0 Å². The maximum Gasteiger partial charge on any atom is 1.00 e. The van der Waals surface area contributed by atoms with E-state index in [1.54, 1.807) is 338 Å². The molecule has 2 heteroatoms. The monoisotopic (exact) mass is 1990 g/mol. The Balaban J connectivity index is 0.000000333. The molecule has 0 N–H and O–H groups in total. The van der Waals surface area contributed by atoms with Gasteiger partial charge in [0.05, 0.1) is 37.9 Å². The largest absolute Gasteiger partial charge is 1.00 e. The minimum absolute atomic E-state index is 0. The van der Waals surface area contributed by atoms with Crippen LogP contribution in [0.3, 0.4) is 0 Å². The van der Waals surface area contributed by atoms with Crippen LogP contribution in [0.25, 0.3) is 205 Å². The van der Waals surface area contributed by atoms with Crippen molar-refractivity contribution in [2.24, 2.45) is 0 Å². The molecule has 0 saturated carbocycles. The van der Waals surface area contributed by atoms with E-state index in [1.807, 2.05) is 0 Å². The fourth-order valence-corrected chi connectivity index (χ4v) is 41.1. The number of rotatable bonds is 7. The molecule has 144 heavy (non-hydrogen) atoms. The third kappa shape index (κ3) is 5.67. The molecule has 27 aromatic rings. The van der Waals surface area contributed by atoms with Crippen molar-refractivity contribution in [1.29, 1.82) is 0 Å². The van der Waals surface area contributed by atoms with Crippen LogP contribution in [0.15, 0.2) is 175 Å². The van der Waals surface area contributed by atoms with Gasteiger partial charge in [-0.05, 0) is 429 Å². The molecule has 0 aromatic heterocycles. The van der Waals surface area contributed by atoms with Crippen molar-refractivity contribution in [3.63, 3.8) is 0 Å². The first-order valence-electron chi connectivity index (χ1n) is 53.1. The third-order valence-electron chi connectivity index (χ3n) is 45.9. The van der Waals surface area contributed by atoms with Crippen LogP contribution >= 0.6 is 0 Å². The number of benzene rings is 22. The van der Waals surface area contributed by atoms with Gasteiger partial charge in [0.2, 0.25) is 0 Å². The maximum absolute atomic E-state index is 2.79. The van der Waals surface area contributed by atoms with E-state index in [2.05, 4.69) is 301 Å². The van der Waals surface area contributed by atoms with Gasteiger partial charge in [0, 0.05) is 5.92 Å². The first kappa shape index (κ1) is 75.2. The van der Waals surface area contributed by atoms with Crippen molar-refractivity contribution in [2.75, 3.05) is 0 Å². The molecule has 27 aromatic carbocycles. The van der Waals surface area contributed by atoms with Gasteiger partial charge in [0.15, 0.2) is 0 Å². The Hall–Kier alpha value is -13.6. The van der Waals surface area contributed by atoms with Crippen molar-refractivity contribution < 1.29 is 39.0 Å². The Bertz CT molecular complexity index is 11800. The third-order valence-corrected chi connectivity index (χ3v) is 45.9. The first-order valence-corrected chi connectivity index (χ1v) is 53.1. The second-order valence-electron chi connectivity index (χ2n) is 50.3. The van der Waals surface area contributed by atoms with Crippen molar-refractivity contribution in [1.82, 2.24) is 0 Å². The summed E-state index contributed by atoms with van der Waals surface area (Å²) in [7, 11) is 0. The second-order valence-corrected chi connectivity index (χ2v) is 50.3. The van der Waals surface area contributed by atoms with Crippen LogP contribution in [0.4, 0.5) is 0 Å². The first-order chi connectivity index (χ1) is 68.9. The van der Waals surface area contributed by atoms with Gasteiger partial charge in [-0.25, -0.2) is 0 Å². The van der Waals surface area contributed by atoms with Crippen LogP contribution in [0.5, 0.6) is 0 Å². The summed E-state index contributed by atoms with van der Waals surface area (Å²) in [5.74, 6) is -0.0196. The molecule has 0 nitrogen and oxygen atoms in total. The quantitative estimate of drug-likeness (QED) is 0.0646. The summed E-state index contributed by atoms with van der Waals surface area (Å²) in [5, 5.41) is 59.9. The summed E-state index contributed by atoms with van der Waals surface area (Å²) in [5.41, 5.74) is 70.7. The fourth-order valence-electron chi connectivity index (χ4n) is 41.1. The molecule has 2 radical (unpaired) electrons. The topological polar surface area (TPSA) is 0 Å². The van der Waals surface area contributed by atoms with Gasteiger partial charge in [-0.2, -0.15) is 55.6 Å². The van der Waals surface area contributed by atoms with Gasteiger partial charge in [-0.15, -0.1) is 0 Å². The van der Waals surface area contributed by atoms with E-state index in [-0.39, 0.29) is 50.3 Å². The van der Waals surface area contributed by atoms with Gasteiger partial charge >= 0.3 is 39.0 Å². The number of aryl methyl sites for hydroxylation is 6. The summed E-state index contributed by atoms with van der Waals surface area (Å²) in [6.45, 7) is 43.6. The van der Waals surface area contributed by atoms with Crippen LogP contribution in [0, 0.1) is 121 Å². The number of allylic oxidation sites excluding steroid dienone is 2. The van der Waals surface area contributed by atoms with Crippen LogP contribution in [0.1, 0.15) is 271 Å². The predicted molar refractivity (Wildman–Crippen MR) is 587 cm³/mol. The zero-order chi connectivity index (χ0) is 93.0. The summed E-state index contributed by atoms with van der Waals surface area (Å²) in [4.78, 5) is 0. The Kier molecular flexibility index (Phi) is 10.7. The van der Waals surface area contributed by atoms with E-state index in [0.29, 0.717) is 0 Å². The van der Waals surface area contributed by atoms with Gasteiger partial charge < -0.3 is 0 Å². The minimum Gasteiger partial charge on any atom is -0.196 e. The average molecular weight is 1990 g/mol. The second kappa shape index (κ2) is 20.4. The Labute approximate surface area is 853 Å².